The summed E-state index contributed by atoms with van der Waals surface area (Å²) >= 11 is 0. The molecule has 0 bridgehead atoms. The molecule has 0 aliphatic carbocycles. The van der Waals surface area contributed by atoms with Crippen molar-refractivity contribution >= 4 is 0 Å². The van der Waals surface area contributed by atoms with Crippen LogP contribution in [-0.2, 0) is 11.2 Å². The SMILES string of the molecule is Fc1ccc(CCNCC2CCCO2)c(F)c1. The smallest absolute Gasteiger partial charge is 0.129 e. The number of rotatable bonds is 5. The minimum atomic E-state index is -0.529. The highest BCUT2D eigenvalue weighted by atomic mass is 19.1. The van der Waals surface area contributed by atoms with Crippen molar-refractivity contribution in [2.24, 2.45) is 0 Å². The summed E-state index contributed by atoms with van der Waals surface area (Å²) in [6.45, 7) is 2.34. The zero-order valence-corrected chi connectivity index (χ0v) is 9.72. The van der Waals surface area contributed by atoms with E-state index in [1.807, 2.05) is 0 Å². The molecular formula is C13H17F2NO. The van der Waals surface area contributed by atoms with Gasteiger partial charge in [0.15, 0.2) is 0 Å². The molecular weight excluding hydrogens is 224 g/mol. The van der Waals surface area contributed by atoms with Crippen molar-refractivity contribution in [2.45, 2.75) is 25.4 Å². The van der Waals surface area contributed by atoms with E-state index in [1.54, 1.807) is 0 Å². The van der Waals surface area contributed by atoms with E-state index in [-0.39, 0.29) is 0 Å². The number of halogens is 2. The van der Waals surface area contributed by atoms with E-state index in [1.165, 1.54) is 12.1 Å². The largest absolute Gasteiger partial charge is 0.377 e. The third-order valence-corrected chi connectivity index (χ3v) is 2.98. The van der Waals surface area contributed by atoms with Crippen LogP contribution in [0, 0.1) is 11.6 Å². The van der Waals surface area contributed by atoms with Gasteiger partial charge in [-0.25, -0.2) is 8.78 Å². The molecule has 94 valence electrons. The first kappa shape index (κ1) is 12.5. The molecule has 0 aromatic heterocycles. The molecule has 4 heteroatoms. The van der Waals surface area contributed by atoms with E-state index in [2.05, 4.69) is 5.32 Å². The van der Waals surface area contributed by atoms with E-state index >= 15 is 0 Å². The van der Waals surface area contributed by atoms with Gasteiger partial charge < -0.3 is 10.1 Å². The standard InChI is InChI=1S/C13H17F2NO/c14-11-4-3-10(13(15)8-11)5-6-16-9-12-2-1-7-17-12/h3-4,8,12,16H,1-2,5-7,9H2. The molecule has 1 fully saturated rings. The summed E-state index contributed by atoms with van der Waals surface area (Å²) < 4.78 is 31.4. The van der Waals surface area contributed by atoms with Crippen LogP contribution in [0.15, 0.2) is 18.2 Å². The molecule has 1 N–H and O–H groups in total. The average Bonchev–Trinajstić information content (AvgIpc) is 2.79. The van der Waals surface area contributed by atoms with Crippen LogP contribution in [0.5, 0.6) is 0 Å². The van der Waals surface area contributed by atoms with Crippen molar-refractivity contribution < 1.29 is 13.5 Å². The second-order valence-corrected chi connectivity index (χ2v) is 4.32. The lowest BCUT2D eigenvalue weighted by atomic mass is 10.1. The van der Waals surface area contributed by atoms with Crippen molar-refractivity contribution in [1.29, 1.82) is 0 Å². The molecule has 1 unspecified atom stereocenters. The topological polar surface area (TPSA) is 21.3 Å². The molecule has 2 rings (SSSR count). The molecule has 1 aromatic rings. The first-order chi connectivity index (χ1) is 8.25. The fourth-order valence-electron chi connectivity index (χ4n) is 2.02. The Morgan fingerprint density at radius 3 is 2.94 bits per heavy atom. The predicted molar refractivity (Wildman–Crippen MR) is 61.9 cm³/mol. The van der Waals surface area contributed by atoms with Crippen LogP contribution in [-0.4, -0.2) is 25.8 Å². The third-order valence-electron chi connectivity index (χ3n) is 2.98. The highest BCUT2D eigenvalue weighted by Gasteiger charge is 2.14. The minimum absolute atomic E-state index is 0.299. The van der Waals surface area contributed by atoms with Gasteiger partial charge in [0.05, 0.1) is 6.10 Å². The third kappa shape index (κ3) is 3.75. The Labute approximate surface area is 100.0 Å². The Kier molecular flexibility index (Phi) is 4.45. The maximum absolute atomic E-state index is 13.3. The van der Waals surface area contributed by atoms with Crippen LogP contribution in [0.4, 0.5) is 8.78 Å². The summed E-state index contributed by atoms with van der Waals surface area (Å²) in [4.78, 5) is 0. The Morgan fingerprint density at radius 2 is 2.24 bits per heavy atom. The van der Waals surface area contributed by atoms with Gasteiger partial charge in [-0.05, 0) is 37.4 Å². The van der Waals surface area contributed by atoms with Crippen molar-refractivity contribution in [3.63, 3.8) is 0 Å². The molecule has 1 aliphatic rings. The molecule has 0 amide bonds. The van der Waals surface area contributed by atoms with Gasteiger partial charge in [0.25, 0.3) is 0 Å². The van der Waals surface area contributed by atoms with Gasteiger partial charge >= 0.3 is 0 Å². The van der Waals surface area contributed by atoms with Crippen LogP contribution >= 0.6 is 0 Å². The number of benzene rings is 1. The van der Waals surface area contributed by atoms with E-state index in [0.29, 0.717) is 24.6 Å². The van der Waals surface area contributed by atoms with Gasteiger partial charge in [0.1, 0.15) is 11.6 Å². The number of ether oxygens (including phenoxy) is 1. The minimum Gasteiger partial charge on any atom is -0.377 e. The molecule has 2 nitrogen and oxygen atoms in total. The summed E-state index contributed by atoms with van der Waals surface area (Å²) in [7, 11) is 0. The normalized spacial score (nSPS) is 19.8. The summed E-state index contributed by atoms with van der Waals surface area (Å²) in [5.74, 6) is -0.998. The summed E-state index contributed by atoms with van der Waals surface area (Å²) in [5.41, 5.74) is 0.547. The molecule has 1 aliphatic heterocycles. The first-order valence-electron chi connectivity index (χ1n) is 6.02. The van der Waals surface area contributed by atoms with E-state index in [9.17, 15) is 8.78 Å². The lowest BCUT2D eigenvalue weighted by molar-refractivity contribution is 0.110. The maximum Gasteiger partial charge on any atom is 0.129 e. The molecule has 0 saturated carbocycles. The zero-order valence-electron chi connectivity index (χ0n) is 9.72. The van der Waals surface area contributed by atoms with Crippen LogP contribution in [0.2, 0.25) is 0 Å². The van der Waals surface area contributed by atoms with Gasteiger partial charge in [-0.1, -0.05) is 6.07 Å². The van der Waals surface area contributed by atoms with Crippen molar-refractivity contribution in [3.8, 4) is 0 Å². The van der Waals surface area contributed by atoms with E-state index in [4.69, 9.17) is 4.74 Å². The quantitative estimate of drug-likeness (QED) is 0.798. The Bertz CT molecular complexity index is 364. The lowest BCUT2D eigenvalue weighted by Gasteiger charge is -2.10. The molecule has 1 atom stereocenters. The molecule has 0 radical (unpaired) electrons. The predicted octanol–water partition coefficient (Wildman–Crippen LogP) is 2.28. The monoisotopic (exact) mass is 241 g/mol. The van der Waals surface area contributed by atoms with Crippen molar-refractivity contribution in [1.82, 2.24) is 5.32 Å². The summed E-state index contributed by atoms with van der Waals surface area (Å²) in [5, 5.41) is 3.23. The maximum atomic E-state index is 13.3. The fraction of sp³-hybridized carbons (Fsp3) is 0.538. The Morgan fingerprint density at radius 1 is 1.35 bits per heavy atom. The van der Waals surface area contributed by atoms with Gasteiger partial charge in [0.2, 0.25) is 0 Å². The summed E-state index contributed by atoms with van der Waals surface area (Å²) in [6.07, 6.45) is 3.09. The van der Waals surface area contributed by atoms with Crippen LogP contribution in [0.25, 0.3) is 0 Å². The second kappa shape index (κ2) is 6.07. The molecule has 1 aromatic carbocycles. The zero-order chi connectivity index (χ0) is 12.1. The first-order valence-corrected chi connectivity index (χ1v) is 6.02. The Hall–Kier alpha value is -1.00. The van der Waals surface area contributed by atoms with Crippen molar-refractivity contribution in [2.75, 3.05) is 19.7 Å². The van der Waals surface area contributed by atoms with Gasteiger partial charge in [0, 0.05) is 19.2 Å². The van der Waals surface area contributed by atoms with Crippen molar-refractivity contribution in [3.05, 3.63) is 35.4 Å². The van der Waals surface area contributed by atoms with Gasteiger partial charge in [-0.15, -0.1) is 0 Å². The van der Waals surface area contributed by atoms with Crippen LogP contribution in [0.1, 0.15) is 18.4 Å². The van der Waals surface area contributed by atoms with Crippen LogP contribution < -0.4 is 5.32 Å². The summed E-state index contributed by atoms with van der Waals surface area (Å²) in [6, 6.07) is 3.71. The second-order valence-electron chi connectivity index (χ2n) is 4.32. The van der Waals surface area contributed by atoms with Gasteiger partial charge in [-0.2, -0.15) is 0 Å². The number of nitrogens with one attached hydrogen (secondary N) is 1. The van der Waals surface area contributed by atoms with E-state index in [0.717, 1.165) is 32.1 Å². The Balaban J connectivity index is 1.70. The average molecular weight is 241 g/mol. The van der Waals surface area contributed by atoms with E-state index < -0.39 is 11.6 Å². The molecule has 1 heterocycles. The molecule has 17 heavy (non-hydrogen) atoms. The highest BCUT2D eigenvalue weighted by Crippen LogP contribution is 2.11. The molecule has 1 saturated heterocycles. The number of hydrogen-bond acceptors (Lipinski definition) is 2. The van der Waals surface area contributed by atoms with Crippen LogP contribution in [0.3, 0.4) is 0 Å². The fourth-order valence-corrected chi connectivity index (χ4v) is 2.02. The highest BCUT2D eigenvalue weighted by molar-refractivity contribution is 5.18. The lowest BCUT2D eigenvalue weighted by Crippen LogP contribution is -2.28. The molecule has 0 spiro atoms. The number of hydrogen-bond donors (Lipinski definition) is 1. The van der Waals surface area contributed by atoms with Gasteiger partial charge in [-0.3, -0.25) is 0 Å².